The third-order valence-electron chi connectivity index (χ3n) is 5.50. The highest BCUT2D eigenvalue weighted by Gasteiger charge is 2.58. The monoisotopic (exact) mass is 346 g/mol. The fourth-order valence-electron chi connectivity index (χ4n) is 3.03. The van der Waals surface area contributed by atoms with Crippen molar-refractivity contribution < 1.29 is 18.8 Å². The van der Waals surface area contributed by atoms with Crippen LogP contribution in [0.5, 0.6) is 0 Å². The van der Waals surface area contributed by atoms with E-state index in [0.29, 0.717) is 6.61 Å². The third kappa shape index (κ3) is 4.65. The first kappa shape index (κ1) is 20.0. The Morgan fingerprint density at radius 2 is 1.68 bits per heavy atom. The van der Waals surface area contributed by atoms with E-state index in [1.807, 2.05) is 52.8 Å². The Hall–Kier alpha value is -1.33. The lowest BCUT2D eigenvalue weighted by Crippen LogP contribution is -2.41. The van der Waals surface area contributed by atoms with Crippen molar-refractivity contribution in [3.63, 3.8) is 0 Å². The topological polar surface area (TPSA) is 44.8 Å². The summed E-state index contributed by atoms with van der Waals surface area (Å²) in [5.74, 6) is -0.201. The van der Waals surface area contributed by atoms with Crippen LogP contribution in [0.25, 0.3) is 0 Å². The summed E-state index contributed by atoms with van der Waals surface area (Å²) in [4.78, 5) is 12.2. The maximum atomic E-state index is 12.2. The zero-order chi connectivity index (χ0) is 18.7. The van der Waals surface area contributed by atoms with E-state index < -0.39 is 23.6 Å². The second-order valence-electron chi connectivity index (χ2n) is 8.21. The van der Waals surface area contributed by atoms with Crippen molar-refractivity contribution in [2.45, 2.75) is 77.3 Å². The lowest BCUT2D eigenvalue weighted by Gasteiger charge is -2.32. The Kier molecular flexibility index (Phi) is 6.00. The molecule has 0 aliphatic carbocycles. The predicted octanol–water partition coefficient (Wildman–Crippen LogP) is 4.42. The Morgan fingerprint density at radius 1 is 1.12 bits per heavy atom. The predicted molar refractivity (Wildman–Crippen MR) is 100 cm³/mol. The summed E-state index contributed by atoms with van der Waals surface area (Å²) in [6, 6.07) is 10.3. The minimum absolute atomic E-state index is 0.201. The van der Waals surface area contributed by atoms with E-state index in [-0.39, 0.29) is 12.4 Å². The molecule has 1 aromatic carbocycles. The molecule has 0 saturated carbocycles. The van der Waals surface area contributed by atoms with Crippen LogP contribution in [0, 0.1) is 0 Å². The Labute approximate surface area is 152 Å². The summed E-state index contributed by atoms with van der Waals surface area (Å²) in [5.41, 5.74) is 0.412. The van der Waals surface area contributed by atoms with E-state index >= 15 is 0 Å². The van der Waals surface area contributed by atoms with Crippen LogP contribution in [0.4, 0.5) is 0 Å². The van der Waals surface area contributed by atoms with Crippen LogP contribution in [0.1, 0.15) is 59.9 Å². The van der Waals surface area contributed by atoms with Crippen molar-refractivity contribution in [3.05, 3.63) is 35.9 Å². The van der Waals surface area contributed by atoms with Gasteiger partial charge in [-0.3, -0.25) is 4.79 Å². The molecule has 1 aliphatic heterocycles. The first-order valence-electron chi connectivity index (χ1n) is 9.15. The summed E-state index contributed by atoms with van der Waals surface area (Å²) in [6.45, 7) is 12.4. The molecule has 1 aromatic rings. The number of carbonyl (C=O) groups is 1. The Morgan fingerprint density at radius 3 is 2.20 bits per heavy atom. The normalized spacial score (nSPS) is 21.0. The first-order chi connectivity index (χ1) is 11.6. The molecule has 4 nitrogen and oxygen atoms in total. The third-order valence-corrected chi connectivity index (χ3v) is 5.50. The number of benzene rings is 1. The van der Waals surface area contributed by atoms with Crippen LogP contribution >= 0.6 is 0 Å². The molecule has 2 rings (SSSR count). The van der Waals surface area contributed by atoms with Gasteiger partial charge < -0.3 is 14.0 Å². The fraction of sp³-hybridized carbons (Fsp3) is 0.650. The second-order valence-corrected chi connectivity index (χ2v) is 8.21. The van der Waals surface area contributed by atoms with Crippen LogP contribution in [0.2, 0.25) is 5.31 Å². The standard InChI is InChI=1S/C20H31BO4/c1-7-23-17(22)15-20(6,14-13-16-11-9-8-10-12-16)21-24-18(2,3)19(4,5)25-21/h8-12H,7,13-15H2,1-6H3. The molecule has 1 heterocycles. The average Bonchev–Trinajstić information content (AvgIpc) is 2.75. The van der Waals surface area contributed by atoms with Crippen molar-refractivity contribution in [2.75, 3.05) is 6.61 Å². The molecule has 1 fully saturated rings. The molecule has 0 bridgehead atoms. The summed E-state index contributed by atoms with van der Waals surface area (Å²) >= 11 is 0. The van der Waals surface area contributed by atoms with Crippen LogP contribution in [-0.2, 0) is 25.3 Å². The van der Waals surface area contributed by atoms with Gasteiger partial charge in [0, 0.05) is 11.7 Å². The summed E-state index contributed by atoms with van der Waals surface area (Å²) in [6.07, 6.45) is 1.93. The van der Waals surface area contributed by atoms with Gasteiger partial charge in [-0.05, 0) is 53.0 Å². The van der Waals surface area contributed by atoms with Gasteiger partial charge in [-0.2, -0.15) is 0 Å². The van der Waals surface area contributed by atoms with E-state index in [9.17, 15) is 4.79 Å². The summed E-state index contributed by atoms with van der Waals surface area (Å²) in [7, 11) is -0.439. The van der Waals surface area contributed by atoms with Crippen molar-refractivity contribution in [1.29, 1.82) is 0 Å². The molecule has 1 unspecified atom stereocenters. The maximum Gasteiger partial charge on any atom is 0.464 e. The minimum Gasteiger partial charge on any atom is -0.466 e. The van der Waals surface area contributed by atoms with Crippen molar-refractivity contribution in [2.24, 2.45) is 0 Å². The molecule has 1 atom stereocenters. The number of rotatable bonds is 7. The lowest BCUT2D eigenvalue weighted by atomic mass is 9.54. The molecule has 0 spiro atoms. The molecule has 0 N–H and O–H groups in total. The number of hydrogen-bond acceptors (Lipinski definition) is 4. The zero-order valence-corrected chi connectivity index (χ0v) is 16.4. The largest absolute Gasteiger partial charge is 0.466 e. The number of carbonyl (C=O) groups excluding carboxylic acids is 1. The number of esters is 1. The molecular weight excluding hydrogens is 315 g/mol. The van der Waals surface area contributed by atoms with Crippen molar-refractivity contribution in [3.8, 4) is 0 Å². The van der Waals surface area contributed by atoms with Gasteiger partial charge >= 0.3 is 13.1 Å². The molecule has 0 amide bonds. The van der Waals surface area contributed by atoms with Crippen LogP contribution in [-0.4, -0.2) is 30.9 Å². The zero-order valence-electron chi connectivity index (χ0n) is 16.4. The van der Waals surface area contributed by atoms with Gasteiger partial charge in [0.15, 0.2) is 0 Å². The summed E-state index contributed by atoms with van der Waals surface area (Å²) in [5, 5.41) is -0.451. The molecule has 0 aromatic heterocycles. The minimum atomic E-state index is -0.451. The number of aryl methyl sites for hydroxylation is 1. The Balaban J connectivity index is 2.18. The van der Waals surface area contributed by atoms with E-state index in [2.05, 4.69) is 19.1 Å². The molecule has 25 heavy (non-hydrogen) atoms. The molecule has 0 radical (unpaired) electrons. The number of ether oxygens (including phenoxy) is 1. The highest BCUT2D eigenvalue weighted by Crippen LogP contribution is 2.49. The van der Waals surface area contributed by atoms with Crippen LogP contribution < -0.4 is 0 Å². The van der Waals surface area contributed by atoms with Gasteiger partial charge in [0.05, 0.1) is 17.8 Å². The second kappa shape index (κ2) is 7.51. The maximum absolute atomic E-state index is 12.2. The van der Waals surface area contributed by atoms with E-state index in [4.69, 9.17) is 14.0 Å². The number of hydrogen-bond donors (Lipinski definition) is 0. The van der Waals surface area contributed by atoms with E-state index in [1.165, 1.54) is 5.56 Å². The van der Waals surface area contributed by atoms with Crippen LogP contribution in [0.3, 0.4) is 0 Å². The van der Waals surface area contributed by atoms with Gasteiger partial charge in [-0.15, -0.1) is 0 Å². The molecule has 5 heteroatoms. The first-order valence-corrected chi connectivity index (χ1v) is 9.15. The van der Waals surface area contributed by atoms with Gasteiger partial charge in [0.1, 0.15) is 0 Å². The average molecular weight is 346 g/mol. The van der Waals surface area contributed by atoms with E-state index in [0.717, 1.165) is 12.8 Å². The molecule has 1 aliphatic rings. The molecule has 138 valence electrons. The molecular formula is C20H31BO4. The van der Waals surface area contributed by atoms with Crippen LogP contribution in [0.15, 0.2) is 30.3 Å². The molecule has 1 saturated heterocycles. The van der Waals surface area contributed by atoms with Gasteiger partial charge in [-0.25, -0.2) is 0 Å². The SMILES string of the molecule is CCOC(=O)CC(C)(CCc1ccccc1)B1OC(C)(C)C(C)(C)O1. The highest BCUT2D eigenvalue weighted by atomic mass is 16.7. The fourth-order valence-corrected chi connectivity index (χ4v) is 3.03. The van der Waals surface area contributed by atoms with Gasteiger partial charge in [-0.1, -0.05) is 37.3 Å². The van der Waals surface area contributed by atoms with E-state index in [1.54, 1.807) is 0 Å². The summed E-state index contributed by atoms with van der Waals surface area (Å²) < 4.78 is 17.7. The van der Waals surface area contributed by atoms with Gasteiger partial charge in [0.2, 0.25) is 0 Å². The lowest BCUT2D eigenvalue weighted by molar-refractivity contribution is -0.144. The van der Waals surface area contributed by atoms with Gasteiger partial charge in [0.25, 0.3) is 0 Å². The smallest absolute Gasteiger partial charge is 0.464 e. The quantitative estimate of drug-likeness (QED) is 0.541. The van der Waals surface area contributed by atoms with Crippen molar-refractivity contribution >= 4 is 13.1 Å². The Bertz CT molecular complexity index is 569. The van der Waals surface area contributed by atoms with Crippen molar-refractivity contribution in [1.82, 2.24) is 0 Å². The highest BCUT2D eigenvalue weighted by molar-refractivity contribution is 6.50.